The summed E-state index contributed by atoms with van der Waals surface area (Å²) in [6, 6.07) is 5.65. The van der Waals surface area contributed by atoms with Crippen LogP contribution in [0.15, 0.2) is 23.1 Å². The summed E-state index contributed by atoms with van der Waals surface area (Å²) >= 11 is 0. The first-order chi connectivity index (χ1) is 13.4. The Kier molecular flexibility index (Phi) is 5.42. The van der Waals surface area contributed by atoms with E-state index in [1.165, 1.54) is 9.87 Å². The Hall–Kier alpha value is -1.93. The summed E-state index contributed by atoms with van der Waals surface area (Å²) in [7, 11) is -3.55. The number of carbonyl (C=O) groups excluding carboxylic acids is 2. The van der Waals surface area contributed by atoms with Crippen molar-refractivity contribution < 1.29 is 22.7 Å². The molecule has 1 N–H and O–H groups in total. The molecular formula is C20H26N2O5S. The molecule has 0 bridgehead atoms. The van der Waals surface area contributed by atoms with Crippen molar-refractivity contribution in [1.82, 2.24) is 9.62 Å². The number of aryl methyl sites for hydroxylation is 2. The summed E-state index contributed by atoms with van der Waals surface area (Å²) in [6.07, 6.45) is 5.81. The second-order valence-electron chi connectivity index (χ2n) is 7.91. The summed E-state index contributed by atoms with van der Waals surface area (Å²) in [5.41, 5.74) is 2.37. The van der Waals surface area contributed by atoms with Crippen molar-refractivity contribution in [2.24, 2.45) is 5.92 Å². The lowest BCUT2D eigenvalue weighted by Crippen LogP contribution is -2.41. The number of nitrogens with one attached hydrogen (secondary N) is 1. The fourth-order valence-electron chi connectivity index (χ4n) is 3.94. The molecule has 4 rings (SSSR count). The van der Waals surface area contributed by atoms with Gasteiger partial charge in [0.2, 0.25) is 10.0 Å². The fraction of sp³-hybridized carbons (Fsp3) is 0.600. The Morgan fingerprint density at radius 2 is 1.79 bits per heavy atom. The second-order valence-corrected chi connectivity index (χ2v) is 9.85. The van der Waals surface area contributed by atoms with Gasteiger partial charge >= 0.3 is 5.97 Å². The number of hydrogen-bond donors (Lipinski definition) is 1. The van der Waals surface area contributed by atoms with Crippen LogP contribution in [0.1, 0.15) is 43.2 Å². The molecule has 2 fully saturated rings. The first-order valence-corrected chi connectivity index (χ1v) is 11.5. The van der Waals surface area contributed by atoms with E-state index < -0.39 is 16.0 Å². The number of fused-ring (bicyclic) bond motifs is 1. The summed E-state index contributed by atoms with van der Waals surface area (Å²) in [4.78, 5) is 24.2. The van der Waals surface area contributed by atoms with Crippen LogP contribution < -0.4 is 5.32 Å². The minimum atomic E-state index is -3.55. The van der Waals surface area contributed by atoms with Gasteiger partial charge < -0.3 is 10.1 Å². The molecule has 0 radical (unpaired) electrons. The largest absolute Gasteiger partial charge is 0.455 e. The number of nitrogens with zero attached hydrogens (tertiary/aromatic N) is 1. The number of carbonyl (C=O) groups is 2. The highest BCUT2D eigenvalue weighted by atomic mass is 32.2. The van der Waals surface area contributed by atoms with Crippen molar-refractivity contribution in [2.45, 2.75) is 55.9 Å². The van der Waals surface area contributed by atoms with E-state index in [0.29, 0.717) is 17.7 Å². The molecule has 28 heavy (non-hydrogen) atoms. The molecule has 0 unspecified atom stereocenters. The number of hydrogen-bond acceptors (Lipinski definition) is 5. The summed E-state index contributed by atoms with van der Waals surface area (Å²) in [5, 5.41) is 2.77. The second kappa shape index (κ2) is 7.83. The van der Waals surface area contributed by atoms with E-state index in [-0.39, 0.29) is 37.6 Å². The monoisotopic (exact) mass is 406 g/mol. The van der Waals surface area contributed by atoms with Gasteiger partial charge in [0.15, 0.2) is 6.61 Å². The van der Waals surface area contributed by atoms with E-state index in [2.05, 4.69) is 5.32 Å². The quantitative estimate of drug-likeness (QED) is 0.721. The highest BCUT2D eigenvalue weighted by Gasteiger charge is 2.33. The predicted octanol–water partition coefficient (Wildman–Crippen LogP) is 1.40. The van der Waals surface area contributed by atoms with Crippen LogP contribution in [0.2, 0.25) is 0 Å². The van der Waals surface area contributed by atoms with Gasteiger partial charge in [-0.1, -0.05) is 6.07 Å². The van der Waals surface area contributed by atoms with Crippen LogP contribution >= 0.6 is 0 Å². The molecule has 1 aliphatic heterocycles. The zero-order valence-corrected chi connectivity index (χ0v) is 16.7. The van der Waals surface area contributed by atoms with Gasteiger partial charge in [-0.15, -0.1) is 0 Å². The van der Waals surface area contributed by atoms with Gasteiger partial charge in [-0.2, -0.15) is 4.31 Å². The highest BCUT2D eigenvalue weighted by Crippen LogP contribution is 2.29. The third-order valence-corrected chi connectivity index (χ3v) is 7.68. The summed E-state index contributed by atoms with van der Waals surface area (Å²) in [5.74, 6) is -1.05. The number of esters is 1. The molecule has 0 aromatic heterocycles. The van der Waals surface area contributed by atoms with Gasteiger partial charge in [0.1, 0.15) is 0 Å². The molecule has 1 heterocycles. The average molecular weight is 407 g/mol. The van der Waals surface area contributed by atoms with Crippen LogP contribution in [0.3, 0.4) is 0 Å². The van der Waals surface area contributed by atoms with Gasteiger partial charge in [-0.25, -0.2) is 8.42 Å². The third-order valence-electron chi connectivity index (χ3n) is 5.78. The molecular weight excluding hydrogens is 380 g/mol. The molecule has 152 valence electrons. The minimum absolute atomic E-state index is 0.235. The molecule has 1 saturated carbocycles. The zero-order valence-electron chi connectivity index (χ0n) is 15.9. The maximum Gasteiger partial charge on any atom is 0.309 e. The van der Waals surface area contributed by atoms with Crippen LogP contribution in [0, 0.1) is 5.92 Å². The summed E-state index contributed by atoms with van der Waals surface area (Å²) < 4.78 is 32.4. The average Bonchev–Trinajstić information content (AvgIpc) is 3.38. The molecule has 0 spiro atoms. The number of ether oxygens (including phenoxy) is 1. The Bertz CT molecular complexity index is 871. The Morgan fingerprint density at radius 3 is 2.50 bits per heavy atom. The van der Waals surface area contributed by atoms with Crippen molar-refractivity contribution >= 4 is 21.9 Å². The third kappa shape index (κ3) is 4.22. The topological polar surface area (TPSA) is 92.8 Å². The molecule has 3 aliphatic rings. The number of amides is 1. The molecule has 7 nitrogen and oxygen atoms in total. The van der Waals surface area contributed by atoms with Crippen LogP contribution in [-0.2, 0) is 37.2 Å². The maximum atomic E-state index is 12.9. The van der Waals surface area contributed by atoms with Crippen molar-refractivity contribution in [1.29, 1.82) is 0 Å². The highest BCUT2D eigenvalue weighted by molar-refractivity contribution is 7.89. The maximum absolute atomic E-state index is 12.9. The van der Waals surface area contributed by atoms with Crippen LogP contribution in [0.4, 0.5) is 0 Å². The normalized spacial score (nSPS) is 20.6. The van der Waals surface area contributed by atoms with Crippen molar-refractivity contribution in [3.05, 3.63) is 29.3 Å². The summed E-state index contributed by atoms with van der Waals surface area (Å²) in [6.45, 7) is 0.309. The zero-order chi connectivity index (χ0) is 19.7. The van der Waals surface area contributed by atoms with Gasteiger partial charge in [-0.3, -0.25) is 9.59 Å². The van der Waals surface area contributed by atoms with Gasteiger partial charge in [0.25, 0.3) is 5.91 Å². The van der Waals surface area contributed by atoms with E-state index >= 15 is 0 Å². The smallest absolute Gasteiger partial charge is 0.309 e. The Balaban J connectivity index is 1.30. The number of rotatable bonds is 6. The van der Waals surface area contributed by atoms with E-state index in [4.69, 9.17) is 4.74 Å². The minimum Gasteiger partial charge on any atom is -0.455 e. The first kappa shape index (κ1) is 19.4. The van der Waals surface area contributed by atoms with Crippen LogP contribution in [0.5, 0.6) is 0 Å². The Labute approximate surface area is 165 Å². The lowest BCUT2D eigenvalue weighted by molar-refractivity contribution is -0.153. The molecule has 8 heteroatoms. The first-order valence-electron chi connectivity index (χ1n) is 10.0. The van der Waals surface area contributed by atoms with Crippen LogP contribution in [-0.4, -0.2) is 50.3 Å². The van der Waals surface area contributed by atoms with E-state index in [1.54, 1.807) is 12.1 Å². The van der Waals surface area contributed by atoms with E-state index in [0.717, 1.165) is 37.7 Å². The number of piperidine rings is 1. The fourth-order valence-corrected chi connectivity index (χ4v) is 5.46. The number of sulfonamides is 1. The Morgan fingerprint density at radius 1 is 1.07 bits per heavy atom. The van der Waals surface area contributed by atoms with Crippen molar-refractivity contribution in [3.63, 3.8) is 0 Å². The van der Waals surface area contributed by atoms with Crippen molar-refractivity contribution in [2.75, 3.05) is 19.7 Å². The van der Waals surface area contributed by atoms with Gasteiger partial charge in [0, 0.05) is 19.1 Å². The van der Waals surface area contributed by atoms with E-state index in [1.807, 2.05) is 6.07 Å². The predicted molar refractivity (Wildman–Crippen MR) is 102 cm³/mol. The van der Waals surface area contributed by atoms with Gasteiger partial charge in [0.05, 0.1) is 10.8 Å². The van der Waals surface area contributed by atoms with Gasteiger partial charge in [-0.05, 0) is 68.2 Å². The molecule has 1 aromatic carbocycles. The lowest BCUT2D eigenvalue weighted by atomic mass is 9.98. The van der Waals surface area contributed by atoms with Crippen LogP contribution in [0.25, 0.3) is 0 Å². The molecule has 1 amide bonds. The molecule has 1 saturated heterocycles. The number of benzene rings is 1. The molecule has 2 aliphatic carbocycles. The van der Waals surface area contributed by atoms with Crippen molar-refractivity contribution in [3.8, 4) is 0 Å². The molecule has 0 atom stereocenters. The lowest BCUT2D eigenvalue weighted by Gasteiger charge is -2.30. The van der Waals surface area contributed by atoms with E-state index in [9.17, 15) is 18.0 Å². The SMILES string of the molecule is O=C(COC(=O)C1CCN(S(=O)(=O)c2ccc3c(c2)CCC3)CC1)NC1CC1. The standard InChI is InChI=1S/C20H26N2O5S/c23-19(21-17-5-6-17)13-27-20(24)15-8-10-22(11-9-15)28(25,26)18-7-4-14-2-1-3-16(14)12-18/h4,7,12,15,17H,1-3,5-6,8-11,13H2,(H,21,23). The molecule has 1 aromatic rings.